The molecule has 0 bridgehead atoms. The average molecular weight is 1610 g/mol. The Morgan fingerprint density at radius 3 is 1.01 bits per heavy atom. The Hall–Kier alpha value is -15.8. The maximum absolute atomic E-state index is 5.30. The zero-order chi connectivity index (χ0) is 84.3. The van der Waals surface area contributed by atoms with E-state index in [2.05, 4.69) is 380 Å². The summed E-state index contributed by atoms with van der Waals surface area (Å²) < 4.78 is 2.38. The van der Waals surface area contributed by atoms with Gasteiger partial charge in [0.2, 0.25) is 0 Å². The number of rotatable bonds is 9. The predicted octanol–water partition coefficient (Wildman–Crippen LogP) is 29.8. The molecule has 0 aliphatic heterocycles. The van der Waals surface area contributed by atoms with Crippen molar-refractivity contribution in [1.82, 2.24) is 39.5 Å². The lowest BCUT2D eigenvalue weighted by atomic mass is 9.79. The van der Waals surface area contributed by atoms with Crippen molar-refractivity contribution in [3.05, 3.63) is 422 Å². The first-order valence-electron chi connectivity index (χ1n) is 43.5. The molecule has 0 saturated carbocycles. The number of pyridine rings is 1. The van der Waals surface area contributed by atoms with E-state index in [4.69, 9.17) is 34.9 Å². The third-order valence-corrected chi connectivity index (χ3v) is 27.1. The fourth-order valence-electron chi connectivity index (χ4n) is 21.2. The molecule has 8 nitrogen and oxygen atoms in total. The second-order valence-electron chi connectivity index (χ2n) is 35.3. The van der Waals surface area contributed by atoms with Crippen LogP contribution < -0.4 is 0 Å². The van der Waals surface area contributed by atoms with Gasteiger partial charge in [-0.1, -0.05) is 375 Å². The van der Waals surface area contributed by atoms with Crippen LogP contribution in [0.3, 0.4) is 0 Å². The molecule has 0 unspecified atom stereocenters. The molecule has 5 heterocycles. The lowest BCUT2D eigenvalue weighted by Gasteiger charge is -2.24. The Balaban J connectivity index is 0.000000106. The summed E-state index contributed by atoms with van der Waals surface area (Å²) in [5, 5.41) is 7.82. The fraction of sp³-hybridized carbons (Fsp3) is 0.0763. The maximum Gasteiger partial charge on any atom is 0.160 e. The van der Waals surface area contributed by atoms with Crippen molar-refractivity contribution in [2.45, 2.75) is 57.8 Å². The number of hydrogen-bond donors (Lipinski definition) is 0. The summed E-state index contributed by atoms with van der Waals surface area (Å²) in [6.45, 7) is 13.8. The van der Waals surface area contributed by atoms with Crippen molar-refractivity contribution in [3.8, 4) is 174 Å². The second-order valence-corrected chi connectivity index (χ2v) is 35.3. The van der Waals surface area contributed by atoms with Crippen LogP contribution >= 0.6 is 0 Å². The van der Waals surface area contributed by atoms with E-state index < -0.39 is 0 Å². The molecular weight excluding hydrogens is 1530 g/mol. The van der Waals surface area contributed by atoms with Crippen molar-refractivity contribution in [1.29, 1.82) is 0 Å². The summed E-state index contributed by atoms with van der Waals surface area (Å²) in [5.41, 5.74) is 41.3. The van der Waals surface area contributed by atoms with Gasteiger partial charge in [-0.05, 0) is 154 Å². The quantitative estimate of drug-likeness (QED) is 0.142. The molecule has 0 amide bonds. The number of nitrogens with zero attached hydrogens (tertiary/aromatic N) is 8. The summed E-state index contributed by atoms with van der Waals surface area (Å²) in [6.07, 6.45) is 1.83. The van der Waals surface area contributed by atoms with Crippen LogP contribution in [0.25, 0.3) is 218 Å². The molecule has 0 radical (unpaired) electrons. The van der Waals surface area contributed by atoms with Gasteiger partial charge >= 0.3 is 0 Å². The zero-order valence-electron chi connectivity index (χ0n) is 70.5. The monoisotopic (exact) mass is 1610 g/mol. The molecule has 126 heavy (non-hydrogen) atoms. The van der Waals surface area contributed by atoms with Gasteiger partial charge < -0.3 is 4.57 Å². The third kappa shape index (κ3) is 11.5. The van der Waals surface area contributed by atoms with Gasteiger partial charge in [-0.15, -0.1) is 0 Å². The molecule has 26 rings (SSSR count). The lowest BCUT2D eigenvalue weighted by Crippen LogP contribution is -2.18. The van der Waals surface area contributed by atoms with E-state index in [1.807, 2.05) is 54.7 Å². The molecule has 0 atom stereocenters. The van der Waals surface area contributed by atoms with Gasteiger partial charge in [0.25, 0.3) is 0 Å². The number of aromatic nitrogens is 8. The summed E-state index contributed by atoms with van der Waals surface area (Å²) in [4.78, 5) is 36.0. The van der Waals surface area contributed by atoms with Crippen molar-refractivity contribution < 1.29 is 0 Å². The van der Waals surface area contributed by atoms with Crippen molar-refractivity contribution in [3.63, 3.8) is 0 Å². The van der Waals surface area contributed by atoms with Crippen LogP contribution in [0, 0.1) is 0 Å². The van der Waals surface area contributed by atoms with E-state index in [9.17, 15) is 0 Å². The molecule has 0 saturated heterocycles. The van der Waals surface area contributed by atoms with E-state index in [1.54, 1.807) is 0 Å². The Kier molecular flexibility index (Phi) is 16.9. The van der Waals surface area contributed by atoms with E-state index in [0.717, 1.165) is 102 Å². The highest BCUT2D eigenvalue weighted by atomic mass is 15.0. The first kappa shape index (κ1) is 74.1. The molecule has 594 valence electrons. The molecule has 0 fully saturated rings. The van der Waals surface area contributed by atoms with Crippen LogP contribution in [0.4, 0.5) is 0 Å². The normalized spacial score (nSPS) is 13.5. The molecule has 5 aliphatic rings. The first-order chi connectivity index (χ1) is 61.8. The van der Waals surface area contributed by atoms with Gasteiger partial charge in [0.15, 0.2) is 17.5 Å². The number of fused-ring (bicyclic) bond motifs is 18. The second kappa shape index (κ2) is 28.7. The molecule has 21 aromatic rings. The molecule has 5 aliphatic carbocycles. The van der Waals surface area contributed by atoms with Gasteiger partial charge in [0, 0.05) is 100 Å². The van der Waals surface area contributed by atoms with Crippen LogP contribution in [0.2, 0.25) is 0 Å². The Labute approximate surface area is 731 Å². The van der Waals surface area contributed by atoms with Gasteiger partial charge in [-0.25, -0.2) is 29.9 Å². The van der Waals surface area contributed by atoms with Crippen molar-refractivity contribution in [2.75, 3.05) is 0 Å². The minimum absolute atomic E-state index is 0.243. The summed E-state index contributed by atoms with van der Waals surface area (Å²) in [7, 11) is 0. The van der Waals surface area contributed by atoms with Gasteiger partial charge in [-0.2, -0.15) is 0 Å². The van der Waals surface area contributed by atoms with Crippen LogP contribution in [-0.4, -0.2) is 39.5 Å². The Bertz CT molecular complexity index is 7960. The minimum Gasteiger partial charge on any atom is -0.309 e. The van der Waals surface area contributed by atoms with Crippen molar-refractivity contribution >= 4 is 43.4 Å². The summed E-state index contributed by atoms with van der Waals surface area (Å²) in [5.74, 6) is 2.24. The summed E-state index contributed by atoms with van der Waals surface area (Å²) >= 11 is 0. The topological polar surface area (TPSA) is 95.2 Å². The molecule has 0 N–H and O–H groups in total. The average Bonchev–Trinajstić information content (AvgIpc) is 1.92. The zero-order valence-corrected chi connectivity index (χ0v) is 70.5. The SMILES string of the molecule is CC1(C)c2cc(-c3ccc4c5c(cccc35)-c3ccccc3-4)ccc2-c2nc(-c3ccccc3)nc(-c3ccccc3)c21.CC1(C)c2cc(-n3c4ccccc4c4ccccc43)ccc2-c2nc(-c3ccccc3)nc(-c3ccccn3)c21.CC1(C)c2ccc(-c3ccc4c5c(cccc35)-c3ccccc3-4)cc2-c2nc(-c3ccccc3)nc(-c3ccccc3)c21. The lowest BCUT2D eigenvalue weighted by molar-refractivity contribution is 0.657. The van der Waals surface area contributed by atoms with Crippen LogP contribution in [0.5, 0.6) is 0 Å². The van der Waals surface area contributed by atoms with Crippen molar-refractivity contribution in [2.24, 2.45) is 0 Å². The largest absolute Gasteiger partial charge is 0.309 e. The van der Waals surface area contributed by atoms with E-state index in [1.165, 1.54) is 149 Å². The third-order valence-electron chi connectivity index (χ3n) is 27.1. The van der Waals surface area contributed by atoms with E-state index in [-0.39, 0.29) is 16.2 Å². The molecular formula is C118H82N8. The minimum atomic E-state index is -0.318. The Morgan fingerprint density at radius 2 is 0.540 bits per heavy atom. The fourth-order valence-corrected chi connectivity index (χ4v) is 21.2. The highest BCUT2D eigenvalue weighted by Crippen LogP contribution is 2.59. The molecule has 16 aromatic carbocycles. The number of benzene rings is 16. The van der Waals surface area contributed by atoms with Crippen LogP contribution in [0.15, 0.2) is 388 Å². The van der Waals surface area contributed by atoms with Crippen LogP contribution in [0.1, 0.15) is 74.9 Å². The van der Waals surface area contributed by atoms with Gasteiger partial charge in [0.1, 0.15) is 0 Å². The number of para-hydroxylation sites is 2. The van der Waals surface area contributed by atoms with Gasteiger partial charge in [0.05, 0.1) is 50.9 Å². The van der Waals surface area contributed by atoms with E-state index in [0.29, 0.717) is 0 Å². The van der Waals surface area contributed by atoms with Crippen LogP contribution in [-0.2, 0) is 16.2 Å². The molecule has 0 spiro atoms. The van der Waals surface area contributed by atoms with Gasteiger partial charge in [-0.3, -0.25) is 4.98 Å². The smallest absolute Gasteiger partial charge is 0.160 e. The number of hydrogen-bond acceptors (Lipinski definition) is 7. The Morgan fingerprint density at radius 1 is 0.206 bits per heavy atom. The highest BCUT2D eigenvalue weighted by molar-refractivity contribution is 6.20. The predicted molar refractivity (Wildman–Crippen MR) is 518 cm³/mol. The first-order valence-corrected chi connectivity index (χ1v) is 43.5. The standard InChI is InChI=1S/2C41H28N2.C36H26N4/c1-41(2)35-23-20-27(28-21-22-33-30-17-10-9-16-29(30)32-19-11-18-31(28)36(32)33)24-34(35)39-37(41)38(25-12-5-3-6-13-25)42-40(43-39)26-14-7-4-8-15-26;1-41(2)35-24-27(28-22-23-33-30-17-10-9-16-29(30)32-19-11-18-31(28)36(32)33)20-21-34(35)39-37(41)38(25-12-5-3-6-13-25)42-40(43-39)26-14-7-4-8-15-26;1-36(2)28-22-24(40-30-17-8-6-14-25(30)26-15-7-9-18-31(26)40)19-20-27(28)33-32(36)34(29-16-10-11-21-37-29)39-35(38-33)23-12-4-3-5-13-23/h2*3-24H,1-2H3;3-22H,1-2H3. The highest BCUT2D eigenvalue weighted by Gasteiger charge is 2.44. The molecule has 8 heteroatoms. The maximum atomic E-state index is 5.30. The van der Waals surface area contributed by atoms with E-state index >= 15 is 0 Å². The molecule has 5 aromatic heterocycles. The summed E-state index contributed by atoms with van der Waals surface area (Å²) in [6, 6.07) is 136.